The van der Waals surface area contributed by atoms with Crippen molar-refractivity contribution >= 4 is 5.91 Å². The zero-order valence-electron chi connectivity index (χ0n) is 14.3. The molecule has 0 aliphatic rings. The lowest BCUT2D eigenvalue weighted by Crippen LogP contribution is -2.39. The first-order chi connectivity index (χ1) is 11.0. The van der Waals surface area contributed by atoms with Crippen molar-refractivity contribution in [3.63, 3.8) is 0 Å². The molecular weight excluding hydrogens is 286 g/mol. The first-order valence-corrected chi connectivity index (χ1v) is 8.10. The predicted molar refractivity (Wildman–Crippen MR) is 93.6 cm³/mol. The van der Waals surface area contributed by atoms with Crippen LogP contribution in [0.3, 0.4) is 0 Å². The summed E-state index contributed by atoms with van der Waals surface area (Å²) < 4.78 is 5.79. The number of nitrogens with one attached hydrogen (secondary N) is 1. The summed E-state index contributed by atoms with van der Waals surface area (Å²) in [5, 5.41) is 3.05. The number of benzene rings is 2. The summed E-state index contributed by atoms with van der Waals surface area (Å²) in [4.78, 5) is 12.5. The Balaban J connectivity index is 2.02. The molecule has 0 aliphatic heterocycles. The predicted octanol–water partition coefficient (Wildman–Crippen LogP) is 4.34. The van der Waals surface area contributed by atoms with Crippen LogP contribution >= 0.6 is 0 Å². The highest BCUT2D eigenvalue weighted by molar-refractivity contribution is 5.81. The lowest BCUT2D eigenvalue weighted by atomic mass is 10.0. The number of aryl methyl sites for hydroxylation is 2. The van der Waals surface area contributed by atoms with Crippen LogP contribution in [0.1, 0.15) is 43.0 Å². The second-order valence-electron chi connectivity index (χ2n) is 5.90. The molecule has 0 heterocycles. The Morgan fingerprint density at radius 1 is 1.09 bits per heavy atom. The van der Waals surface area contributed by atoms with E-state index in [0.29, 0.717) is 12.2 Å². The quantitative estimate of drug-likeness (QED) is 0.862. The number of para-hydroxylation sites is 1. The topological polar surface area (TPSA) is 38.3 Å². The van der Waals surface area contributed by atoms with E-state index >= 15 is 0 Å². The Morgan fingerprint density at radius 3 is 2.39 bits per heavy atom. The van der Waals surface area contributed by atoms with Gasteiger partial charge in [0, 0.05) is 0 Å². The van der Waals surface area contributed by atoms with Gasteiger partial charge < -0.3 is 10.1 Å². The number of amides is 1. The normalized spacial score (nSPS) is 13.2. The van der Waals surface area contributed by atoms with Gasteiger partial charge in [-0.25, -0.2) is 0 Å². The van der Waals surface area contributed by atoms with Gasteiger partial charge in [-0.3, -0.25) is 4.79 Å². The summed E-state index contributed by atoms with van der Waals surface area (Å²) >= 11 is 0. The molecule has 2 aromatic carbocycles. The van der Waals surface area contributed by atoms with Gasteiger partial charge >= 0.3 is 0 Å². The van der Waals surface area contributed by atoms with E-state index in [0.717, 1.165) is 5.56 Å². The van der Waals surface area contributed by atoms with Crippen LogP contribution in [0.15, 0.2) is 48.5 Å². The van der Waals surface area contributed by atoms with Crippen LogP contribution in [0.5, 0.6) is 5.75 Å². The van der Waals surface area contributed by atoms with Crippen LogP contribution in [0, 0.1) is 13.8 Å². The van der Waals surface area contributed by atoms with E-state index in [4.69, 9.17) is 4.74 Å². The zero-order chi connectivity index (χ0) is 16.8. The minimum absolute atomic E-state index is 0.0461. The molecule has 2 atom stereocenters. The van der Waals surface area contributed by atoms with E-state index in [9.17, 15) is 4.79 Å². The van der Waals surface area contributed by atoms with Crippen LogP contribution in [0.2, 0.25) is 0 Å². The molecule has 0 radical (unpaired) electrons. The molecular formula is C20H25NO2. The minimum atomic E-state index is -0.480. The lowest BCUT2D eigenvalue weighted by Gasteiger charge is -2.21. The summed E-state index contributed by atoms with van der Waals surface area (Å²) in [6, 6.07) is 15.7. The first kappa shape index (κ1) is 17.1. The van der Waals surface area contributed by atoms with Crippen molar-refractivity contribution in [2.75, 3.05) is 0 Å². The number of rotatable bonds is 6. The van der Waals surface area contributed by atoms with E-state index in [1.165, 1.54) is 11.1 Å². The van der Waals surface area contributed by atoms with E-state index in [-0.39, 0.29) is 11.9 Å². The van der Waals surface area contributed by atoms with Gasteiger partial charge in [0.15, 0.2) is 6.10 Å². The molecule has 122 valence electrons. The maximum Gasteiger partial charge on any atom is 0.261 e. The third-order valence-electron chi connectivity index (χ3n) is 4.07. The van der Waals surface area contributed by atoms with Gasteiger partial charge in [0.1, 0.15) is 5.75 Å². The molecule has 0 aliphatic carbocycles. The fourth-order valence-corrected chi connectivity index (χ4v) is 2.41. The van der Waals surface area contributed by atoms with Gasteiger partial charge in [-0.15, -0.1) is 0 Å². The second-order valence-corrected chi connectivity index (χ2v) is 5.90. The maximum atomic E-state index is 12.5. The van der Waals surface area contributed by atoms with Crippen molar-refractivity contribution in [3.05, 3.63) is 65.2 Å². The largest absolute Gasteiger partial charge is 0.481 e. The van der Waals surface area contributed by atoms with Gasteiger partial charge in [-0.05, 0) is 56.0 Å². The Bertz CT molecular complexity index is 652. The highest BCUT2D eigenvalue weighted by Gasteiger charge is 2.20. The zero-order valence-corrected chi connectivity index (χ0v) is 14.3. The van der Waals surface area contributed by atoms with Crippen LogP contribution < -0.4 is 10.1 Å². The van der Waals surface area contributed by atoms with Crippen LogP contribution in [0.4, 0.5) is 0 Å². The molecule has 3 heteroatoms. The van der Waals surface area contributed by atoms with Gasteiger partial charge in [0.2, 0.25) is 0 Å². The maximum absolute atomic E-state index is 12.5. The molecule has 1 N–H and O–H groups in total. The number of carbonyl (C=O) groups excluding carboxylic acids is 1. The molecule has 2 rings (SSSR count). The molecule has 0 bridgehead atoms. The summed E-state index contributed by atoms with van der Waals surface area (Å²) in [6.45, 7) is 8.12. The highest BCUT2D eigenvalue weighted by Crippen LogP contribution is 2.18. The highest BCUT2D eigenvalue weighted by atomic mass is 16.5. The third-order valence-corrected chi connectivity index (χ3v) is 4.07. The molecule has 0 saturated carbocycles. The molecule has 2 aromatic rings. The standard InChI is InChI=1S/C20H25NO2/c1-5-19(23-18-9-7-6-8-10-18)20(22)21-16(4)17-12-11-14(2)15(3)13-17/h6-13,16,19H,5H2,1-4H3,(H,21,22). The molecule has 1 amide bonds. The van der Waals surface area contributed by atoms with Gasteiger partial charge in [-0.1, -0.05) is 43.3 Å². The van der Waals surface area contributed by atoms with E-state index in [2.05, 4.69) is 37.4 Å². The average Bonchev–Trinajstić information content (AvgIpc) is 2.55. The van der Waals surface area contributed by atoms with Crippen molar-refractivity contribution in [2.45, 2.75) is 46.3 Å². The SMILES string of the molecule is CCC(Oc1ccccc1)C(=O)NC(C)c1ccc(C)c(C)c1. The molecule has 3 nitrogen and oxygen atoms in total. The Labute approximate surface area is 138 Å². The van der Waals surface area contributed by atoms with Crippen LogP contribution in [0.25, 0.3) is 0 Å². The van der Waals surface area contributed by atoms with Crippen molar-refractivity contribution in [1.29, 1.82) is 0 Å². The molecule has 0 spiro atoms. The van der Waals surface area contributed by atoms with Gasteiger partial charge in [-0.2, -0.15) is 0 Å². The summed E-state index contributed by atoms with van der Waals surface area (Å²) in [6.07, 6.45) is 0.145. The van der Waals surface area contributed by atoms with Gasteiger partial charge in [0.25, 0.3) is 5.91 Å². The smallest absolute Gasteiger partial charge is 0.261 e. The van der Waals surface area contributed by atoms with Crippen LogP contribution in [-0.4, -0.2) is 12.0 Å². The van der Waals surface area contributed by atoms with Crippen molar-refractivity contribution in [3.8, 4) is 5.75 Å². The van der Waals surface area contributed by atoms with Crippen molar-refractivity contribution in [1.82, 2.24) is 5.32 Å². The molecule has 0 saturated heterocycles. The lowest BCUT2D eigenvalue weighted by molar-refractivity contribution is -0.128. The number of carbonyl (C=O) groups is 1. The summed E-state index contributed by atoms with van der Waals surface area (Å²) in [5.41, 5.74) is 3.60. The second kappa shape index (κ2) is 7.82. The van der Waals surface area contributed by atoms with E-state index in [1.54, 1.807) is 0 Å². The monoisotopic (exact) mass is 311 g/mol. The summed E-state index contributed by atoms with van der Waals surface area (Å²) in [7, 11) is 0. The molecule has 0 fully saturated rings. The molecule has 0 aromatic heterocycles. The van der Waals surface area contributed by atoms with Crippen LogP contribution in [-0.2, 0) is 4.79 Å². The Morgan fingerprint density at radius 2 is 1.78 bits per heavy atom. The molecule has 2 unspecified atom stereocenters. The van der Waals surface area contributed by atoms with E-state index in [1.807, 2.05) is 44.2 Å². The summed E-state index contributed by atoms with van der Waals surface area (Å²) in [5.74, 6) is 0.635. The average molecular weight is 311 g/mol. The molecule has 23 heavy (non-hydrogen) atoms. The minimum Gasteiger partial charge on any atom is -0.481 e. The fraction of sp³-hybridized carbons (Fsp3) is 0.350. The van der Waals surface area contributed by atoms with Gasteiger partial charge in [0.05, 0.1) is 6.04 Å². The number of hydrogen-bond acceptors (Lipinski definition) is 2. The van der Waals surface area contributed by atoms with E-state index < -0.39 is 6.10 Å². The number of ether oxygens (including phenoxy) is 1. The third kappa shape index (κ3) is 4.59. The first-order valence-electron chi connectivity index (χ1n) is 8.10. The Hall–Kier alpha value is -2.29. The fourth-order valence-electron chi connectivity index (χ4n) is 2.41. The van der Waals surface area contributed by atoms with Crippen molar-refractivity contribution < 1.29 is 9.53 Å². The Kier molecular flexibility index (Phi) is 5.80. The number of hydrogen-bond donors (Lipinski definition) is 1. The van der Waals surface area contributed by atoms with Crippen molar-refractivity contribution in [2.24, 2.45) is 0 Å².